The molecule has 1 N–H and O–H groups in total. The van der Waals surface area contributed by atoms with Gasteiger partial charge in [-0.25, -0.2) is 4.39 Å². The lowest BCUT2D eigenvalue weighted by Crippen LogP contribution is -2.07. The van der Waals surface area contributed by atoms with E-state index in [4.69, 9.17) is 4.74 Å². The maximum atomic E-state index is 14.0. The van der Waals surface area contributed by atoms with E-state index in [2.05, 4.69) is 0 Å². The second-order valence-electron chi connectivity index (χ2n) is 5.05. The van der Waals surface area contributed by atoms with Gasteiger partial charge >= 0.3 is 0 Å². The number of aryl methyl sites for hydroxylation is 2. The molecule has 20 heavy (non-hydrogen) atoms. The van der Waals surface area contributed by atoms with E-state index in [0.29, 0.717) is 12.0 Å². The summed E-state index contributed by atoms with van der Waals surface area (Å²) in [4.78, 5) is 0. The average Bonchev–Trinajstić information content (AvgIpc) is 2.38. The smallest absolute Gasteiger partial charge is 0.129 e. The molecule has 0 aliphatic rings. The Labute approximate surface area is 118 Å². The molecule has 0 saturated carbocycles. The summed E-state index contributed by atoms with van der Waals surface area (Å²) >= 11 is 0. The molecule has 1 atom stereocenters. The fourth-order valence-corrected chi connectivity index (χ4v) is 2.44. The van der Waals surface area contributed by atoms with Crippen LogP contribution in [0.4, 0.5) is 4.39 Å². The van der Waals surface area contributed by atoms with E-state index < -0.39 is 6.10 Å². The van der Waals surface area contributed by atoms with Crippen molar-refractivity contribution in [3.63, 3.8) is 0 Å². The van der Waals surface area contributed by atoms with Gasteiger partial charge in [-0.1, -0.05) is 18.2 Å². The number of aliphatic hydroxyl groups is 1. The summed E-state index contributed by atoms with van der Waals surface area (Å²) in [5, 5.41) is 10.3. The van der Waals surface area contributed by atoms with Gasteiger partial charge in [0.2, 0.25) is 0 Å². The highest BCUT2D eigenvalue weighted by molar-refractivity contribution is 5.35. The van der Waals surface area contributed by atoms with Crippen LogP contribution in [0.25, 0.3) is 0 Å². The van der Waals surface area contributed by atoms with E-state index in [-0.39, 0.29) is 5.82 Å². The van der Waals surface area contributed by atoms with Crippen molar-refractivity contribution in [2.75, 3.05) is 7.11 Å². The maximum absolute atomic E-state index is 14.0. The second-order valence-corrected chi connectivity index (χ2v) is 5.05. The molecule has 1 unspecified atom stereocenters. The molecular formula is C17H19FO2. The van der Waals surface area contributed by atoms with Gasteiger partial charge in [-0.3, -0.25) is 0 Å². The summed E-state index contributed by atoms with van der Waals surface area (Å²) in [5.74, 6) is 0.421. The van der Waals surface area contributed by atoms with Gasteiger partial charge in [0.1, 0.15) is 11.6 Å². The number of aliphatic hydroxyl groups excluding tert-OH is 1. The van der Waals surface area contributed by atoms with Crippen molar-refractivity contribution in [3.8, 4) is 5.75 Å². The minimum absolute atomic E-state index is 0.344. The van der Waals surface area contributed by atoms with Crippen molar-refractivity contribution in [2.45, 2.75) is 26.4 Å². The average molecular weight is 274 g/mol. The van der Waals surface area contributed by atoms with Crippen LogP contribution < -0.4 is 4.74 Å². The van der Waals surface area contributed by atoms with Crippen LogP contribution in [-0.4, -0.2) is 12.2 Å². The van der Waals surface area contributed by atoms with E-state index in [1.54, 1.807) is 7.11 Å². The molecule has 0 radical (unpaired) electrons. The minimum Gasteiger partial charge on any atom is -0.497 e. The number of rotatable bonds is 4. The normalized spacial score (nSPS) is 12.2. The van der Waals surface area contributed by atoms with Crippen LogP contribution in [0.2, 0.25) is 0 Å². The highest BCUT2D eigenvalue weighted by Gasteiger charge is 2.16. The van der Waals surface area contributed by atoms with Gasteiger partial charge in [0.15, 0.2) is 0 Å². The fourth-order valence-electron chi connectivity index (χ4n) is 2.44. The summed E-state index contributed by atoms with van der Waals surface area (Å²) in [5.41, 5.74) is 2.97. The van der Waals surface area contributed by atoms with Gasteiger partial charge < -0.3 is 9.84 Å². The first-order valence-electron chi connectivity index (χ1n) is 6.59. The van der Waals surface area contributed by atoms with E-state index in [0.717, 1.165) is 22.4 Å². The molecule has 0 aliphatic heterocycles. The molecule has 0 aliphatic carbocycles. The molecule has 2 nitrogen and oxygen atoms in total. The molecule has 0 bridgehead atoms. The monoisotopic (exact) mass is 274 g/mol. The first-order chi connectivity index (χ1) is 9.51. The molecule has 2 aromatic carbocycles. The Morgan fingerprint density at radius 1 is 1.15 bits per heavy atom. The molecule has 0 spiro atoms. The molecule has 3 heteroatoms. The molecule has 0 heterocycles. The van der Waals surface area contributed by atoms with Gasteiger partial charge in [-0.2, -0.15) is 0 Å². The lowest BCUT2D eigenvalue weighted by atomic mass is 9.96. The number of halogens is 1. The Hall–Kier alpha value is -1.87. The van der Waals surface area contributed by atoms with Gasteiger partial charge in [0.25, 0.3) is 0 Å². The number of ether oxygens (including phenoxy) is 1. The molecule has 0 aromatic heterocycles. The standard InChI is InChI=1S/C17H19FO2/c1-11-8-12(2)17(15(18)9-11)16(19)10-13-4-6-14(20-3)7-5-13/h4-9,16,19H,10H2,1-3H3. The largest absolute Gasteiger partial charge is 0.497 e. The van der Waals surface area contributed by atoms with E-state index >= 15 is 0 Å². The van der Waals surface area contributed by atoms with Crippen LogP contribution in [0, 0.1) is 19.7 Å². The van der Waals surface area contributed by atoms with Crippen molar-refractivity contribution in [2.24, 2.45) is 0 Å². The zero-order valence-corrected chi connectivity index (χ0v) is 12.0. The number of hydrogen-bond acceptors (Lipinski definition) is 2. The van der Waals surface area contributed by atoms with Crippen molar-refractivity contribution in [1.82, 2.24) is 0 Å². The van der Waals surface area contributed by atoms with Gasteiger partial charge in [-0.15, -0.1) is 0 Å². The SMILES string of the molecule is COc1ccc(CC(O)c2c(C)cc(C)cc2F)cc1. The van der Waals surface area contributed by atoms with Crippen LogP contribution in [0.1, 0.15) is 28.4 Å². The van der Waals surface area contributed by atoms with E-state index in [9.17, 15) is 9.50 Å². The van der Waals surface area contributed by atoms with Crippen LogP contribution in [0.5, 0.6) is 5.75 Å². The highest BCUT2D eigenvalue weighted by atomic mass is 19.1. The Balaban J connectivity index is 2.21. The van der Waals surface area contributed by atoms with Crippen molar-refractivity contribution in [3.05, 3.63) is 64.5 Å². The predicted molar refractivity (Wildman–Crippen MR) is 77.5 cm³/mol. The van der Waals surface area contributed by atoms with Crippen LogP contribution in [0.15, 0.2) is 36.4 Å². The Bertz CT molecular complexity index is 567. The Kier molecular flexibility index (Phi) is 4.40. The van der Waals surface area contributed by atoms with Gasteiger partial charge in [0.05, 0.1) is 13.2 Å². The maximum Gasteiger partial charge on any atom is 0.129 e. The van der Waals surface area contributed by atoms with Gasteiger partial charge in [-0.05, 0) is 48.7 Å². The van der Waals surface area contributed by atoms with Crippen LogP contribution in [0.3, 0.4) is 0 Å². The summed E-state index contributed by atoms with van der Waals surface area (Å²) in [6.07, 6.45) is -0.464. The number of benzene rings is 2. The molecule has 0 amide bonds. The summed E-state index contributed by atoms with van der Waals surface area (Å²) in [6, 6.07) is 10.8. The fraction of sp³-hybridized carbons (Fsp3) is 0.294. The molecular weight excluding hydrogens is 255 g/mol. The zero-order chi connectivity index (χ0) is 14.7. The zero-order valence-electron chi connectivity index (χ0n) is 12.0. The molecule has 0 fully saturated rings. The van der Waals surface area contributed by atoms with Crippen LogP contribution >= 0.6 is 0 Å². The lowest BCUT2D eigenvalue weighted by molar-refractivity contribution is 0.173. The first kappa shape index (κ1) is 14.5. The van der Waals surface area contributed by atoms with E-state index in [1.165, 1.54) is 6.07 Å². The quantitative estimate of drug-likeness (QED) is 0.920. The lowest BCUT2D eigenvalue weighted by Gasteiger charge is -2.16. The molecule has 106 valence electrons. The van der Waals surface area contributed by atoms with Crippen molar-refractivity contribution < 1.29 is 14.2 Å². The number of hydrogen-bond donors (Lipinski definition) is 1. The number of methoxy groups -OCH3 is 1. The summed E-state index contributed by atoms with van der Waals surface area (Å²) in [7, 11) is 1.61. The van der Waals surface area contributed by atoms with E-state index in [1.807, 2.05) is 44.2 Å². The minimum atomic E-state index is -0.844. The summed E-state index contributed by atoms with van der Waals surface area (Å²) in [6.45, 7) is 3.67. The third-order valence-electron chi connectivity index (χ3n) is 3.40. The first-order valence-corrected chi connectivity index (χ1v) is 6.59. The third kappa shape index (κ3) is 3.17. The molecule has 2 aromatic rings. The third-order valence-corrected chi connectivity index (χ3v) is 3.40. The van der Waals surface area contributed by atoms with Crippen molar-refractivity contribution >= 4 is 0 Å². The highest BCUT2D eigenvalue weighted by Crippen LogP contribution is 2.26. The Morgan fingerprint density at radius 2 is 1.80 bits per heavy atom. The van der Waals surface area contributed by atoms with Gasteiger partial charge in [0, 0.05) is 12.0 Å². The molecule has 0 saturated heterocycles. The topological polar surface area (TPSA) is 29.5 Å². The predicted octanol–water partition coefficient (Wildman–Crippen LogP) is 3.73. The second kappa shape index (κ2) is 6.06. The Morgan fingerprint density at radius 3 is 2.35 bits per heavy atom. The van der Waals surface area contributed by atoms with Crippen LogP contribution in [-0.2, 0) is 6.42 Å². The molecule has 2 rings (SSSR count). The van der Waals surface area contributed by atoms with Crippen molar-refractivity contribution in [1.29, 1.82) is 0 Å². The summed E-state index contributed by atoms with van der Waals surface area (Å²) < 4.78 is 19.1.